The van der Waals surface area contributed by atoms with Crippen LogP contribution in [-0.4, -0.2) is 16.5 Å². The molecule has 1 heterocycles. The Morgan fingerprint density at radius 3 is 3.17 bits per heavy atom. The fourth-order valence-corrected chi connectivity index (χ4v) is 0.699. The van der Waals surface area contributed by atoms with E-state index in [9.17, 15) is 0 Å². The summed E-state index contributed by atoms with van der Waals surface area (Å²) in [6.07, 6.45) is 3.13. The second-order valence-electron chi connectivity index (χ2n) is 2.51. The maximum Gasteiger partial charge on any atom is 0.129 e. The number of hydrogen-bond donors (Lipinski definition) is 1. The van der Waals surface area contributed by atoms with E-state index in [1.165, 1.54) is 6.33 Å². The van der Waals surface area contributed by atoms with Crippen molar-refractivity contribution in [2.45, 2.75) is 6.92 Å². The lowest BCUT2D eigenvalue weighted by Gasteiger charge is -2.04. The zero-order valence-electron chi connectivity index (χ0n) is 6.86. The molecule has 0 aliphatic heterocycles. The van der Waals surface area contributed by atoms with Gasteiger partial charge in [-0.2, -0.15) is 5.26 Å². The first-order valence-corrected chi connectivity index (χ1v) is 3.72. The maximum absolute atomic E-state index is 8.49. The summed E-state index contributed by atoms with van der Waals surface area (Å²) in [6, 6.07) is 3.90. The van der Waals surface area contributed by atoms with Crippen molar-refractivity contribution >= 4 is 5.82 Å². The molecule has 0 spiro atoms. The van der Waals surface area contributed by atoms with Gasteiger partial charge in [0.2, 0.25) is 0 Å². The predicted molar refractivity (Wildman–Crippen MR) is 45.3 cm³/mol. The number of hydrogen-bond acceptors (Lipinski definition) is 4. The van der Waals surface area contributed by atoms with Crippen molar-refractivity contribution in [3.63, 3.8) is 0 Å². The molecule has 1 atom stereocenters. The Hall–Kier alpha value is -1.63. The summed E-state index contributed by atoms with van der Waals surface area (Å²) >= 11 is 0. The van der Waals surface area contributed by atoms with Crippen molar-refractivity contribution in [1.82, 2.24) is 9.97 Å². The van der Waals surface area contributed by atoms with E-state index >= 15 is 0 Å². The lowest BCUT2D eigenvalue weighted by atomic mass is 10.2. The van der Waals surface area contributed by atoms with Crippen LogP contribution in [0.25, 0.3) is 0 Å². The summed E-state index contributed by atoms with van der Waals surface area (Å²) in [6.45, 7) is 2.47. The molecular formula is C8H10N4. The molecule has 0 aromatic carbocycles. The Labute approximate surface area is 71.3 Å². The van der Waals surface area contributed by atoms with Crippen molar-refractivity contribution < 1.29 is 0 Å². The van der Waals surface area contributed by atoms with Crippen LogP contribution in [0.15, 0.2) is 18.6 Å². The first-order chi connectivity index (χ1) is 5.83. The highest BCUT2D eigenvalue weighted by atomic mass is 15.0. The summed E-state index contributed by atoms with van der Waals surface area (Å²) in [4.78, 5) is 7.73. The number of rotatable bonds is 3. The van der Waals surface area contributed by atoms with E-state index < -0.39 is 0 Å². The van der Waals surface area contributed by atoms with Crippen LogP contribution < -0.4 is 5.32 Å². The van der Waals surface area contributed by atoms with E-state index in [0.717, 1.165) is 5.82 Å². The van der Waals surface area contributed by atoms with Crippen LogP contribution in [-0.2, 0) is 0 Å². The normalized spacial score (nSPS) is 11.7. The third-order valence-corrected chi connectivity index (χ3v) is 1.39. The second kappa shape index (κ2) is 4.29. The Morgan fingerprint density at radius 1 is 1.75 bits per heavy atom. The van der Waals surface area contributed by atoms with Crippen molar-refractivity contribution in [2.24, 2.45) is 5.92 Å². The number of aromatic nitrogens is 2. The Bertz CT molecular complexity index is 264. The van der Waals surface area contributed by atoms with Gasteiger partial charge in [0.15, 0.2) is 0 Å². The Kier molecular flexibility index (Phi) is 3.03. The van der Waals surface area contributed by atoms with Gasteiger partial charge < -0.3 is 5.32 Å². The summed E-state index contributed by atoms with van der Waals surface area (Å²) in [5, 5.41) is 11.5. The van der Waals surface area contributed by atoms with Gasteiger partial charge in [0.1, 0.15) is 12.1 Å². The molecule has 62 valence electrons. The molecule has 0 fully saturated rings. The Balaban J connectivity index is 2.40. The summed E-state index contributed by atoms with van der Waals surface area (Å²) < 4.78 is 0. The van der Waals surface area contributed by atoms with Crippen molar-refractivity contribution in [3.8, 4) is 6.07 Å². The first-order valence-electron chi connectivity index (χ1n) is 3.72. The minimum atomic E-state index is -0.0000321. The molecule has 1 aromatic rings. The monoisotopic (exact) mass is 162 g/mol. The van der Waals surface area contributed by atoms with Crippen molar-refractivity contribution in [3.05, 3.63) is 18.6 Å². The molecule has 4 nitrogen and oxygen atoms in total. The van der Waals surface area contributed by atoms with Crippen LogP contribution in [0.3, 0.4) is 0 Å². The molecule has 0 radical (unpaired) electrons. The van der Waals surface area contributed by atoms with E-state index in [1.807, 2.05) is 6.92 Å². The molecule has 0 amide bonds. The van der Waals surface area contributed by atoms with Gasteiger partial charge in [-0.25, -0.2) is 9.97 Å². The predicted octanol–water partition coefficient (Wildman–Crippen LogP) is 1.05. The Morgan fingerprint density at radius 2 is 2.58 bits per heavy atom. The highest BCUT2D eigenvalue weighted by molar-refractivity contribution is 5.31. The van der Waals surface area contributed by atoms with Gasteiger partial charge in [-0.05, 0) is 13.0 Å². The van der Waals surface area contributed by atoms with Gasteiger partial charge in [0.05, 0.1) is 12.0 Å². The topological polar surface area (TPSA) is 61.6 Å². The molecule has 0 aliphatic carbocycles. The van der Waals surface area contributed by atoms with E-state index in [0.29, 0.717) is 6.54 Å². The van der Waals surface area contributed by atoms with Gasteiger partial charge in [0, 0.05) is 12.7 Å². The van der Waals surface area contributed by atoms with Crippen LogP contribution in [0.2, 0.25) is 0 Å². The summed E-state index contributed by atoms with van der Waals surface area (Å²) in [5.74, 6) is 0.757. The highest BCUT2D eigenvalue weighted by Crippen LogP contribution is 1.99. The van der Waals surface area contributed by atoms with Gasteiger partial charge in [-0.15, -0.1) is 0 Å². The molecule has 1 rings (SSSR count). The highest BCUT2D eigenvalue weighted by Gasteiger charge is 1.98. The van der Waals surface area contributed by atoms with Crippen LogP contribution in [0.5, 0.6) is 0 Å². The minimum Gasteiger partial charge on any atom is -0.369 e. The standard InChI is InChI=1S/C8H10N4/c1-7(4-9)5-11-8-2-3-10-6-12-8/h2-3,6-7H,5H2,1H3,(H,10,11,12). The van der Waals surface area contributed by atoms with Crippen molar-refractivity contribution in [1.29, 1.82) is 5.26 Å². The molecule has 0 saturated heterocycles. The molecule has 1 aromatic heterocycles. The number of anilines is 1. The largest absolute Gasteiger partial charge is 0.369 e. The van der Waals surface area contributed by atoms with E-state index in [4.69, 9.17) is 5.26 Å². The average molecular weight is 162 g/mol. The molecule has 1 unspecified atom stereocenters. The zero-order valence-corrected chi connectivity index (χ0v) is 6.86. The first kappa shape index (κ1) is 8.47. The number of nitrogens with zero attached hydrogens (tertiary/aromatic N) is 3. The number of nitriles is 1. The third kappa shape index (κ3) is 2.54. The maximum atomic E-state index is 8.49. The molecular weight excluding hydrogens is 152 g/mol. The molecule has 0 aliphatic rings. The second-order valence-corrected chi connectivity index (χ2v) is 2.51. The lowest BCUT2D eigenvalue weighted by molar-refractivity contribution is 0.782. The van der Waals surface area contributed by atoms with Crippen molar-refractivity contribution in [2.75, 3.05) is 11.9 Å². The van der Waals surface area contributed by atoms with Gasteiger partial charge >= 0.3 is 0 Å². The zero-order chi connectivity index (χ0) is 8.81. The number of nitrogens with one attached hydrogen (secondary N) is 1. The van der Waals surface area contributed by atoms with Crippen LogP contribution in [0.4, 0.5) is 5.82 Å². The molecule has 12 heavy (non-hydrogen) atoms. The molecule has 0 saturated carbocycles. The fourth-order valence-electron chi connectivity index (χ4n) is 0.699. The van der Waals surface area contributed by atoms with E-state index in [-0.39, 0.29) is 5.92 Å². The SMILES string of the molecule is CC(C#N)CNc1ccncn1. The van der Waals surface area contributed by atoms with E-state index in [1.54, 1.807) is 12.3 Å². The van der Waals surface area contributed by atoms with Crippen LogP contribution in [0, 0.1) is 17.2 Å². The minimum absolute atomic E-state index is 0.0000321. The van der Waals surface area contributed by atoms with Gasteiger partial charge in [0.25, 0.3) is 0 Å². The molecule has 1 N–H and O–H groups in total. The fraction of sp³-hybridized carbons (Fsp3) is 0.375. The lowest BCUT2D eigenvalue weighted by Crippen LogP contribution is -2.10. The quantitative estimate of drug-likeness (QED) is 0.721. The summed E-state index contributed by atoms with van der Waals surface area (Å²) in [7, 11) is 0. The molecule has 0 bridgehead atoms. The van der Waals surface area contributed by atoms with E-state index in [2.05, 4.69) is 21.4 Å². The van der Waals surface area contributed by atoms with Gasteiger partial charge in [-0.1, -0.05) is 0 Å². The van der Waals surface area contributed by atoms with Crippen LogP contribution >= 0.6 is 0 Å². The summed E-state index contributed by atoms with van der Waals surface area (Å²) in [5.41, 5.74) is 0. The van der Waals surface area contributed by atoms with Crippen LogP contribution in [0.1, 0.15) is 6.92 Å². The smallest absolute Gasteiger partial charge is 0.129 e. The average Bonchev–Trinajstić information content (AvgIpc) is 2.16. The third-order valence-electron chi connectivity index (χ3n) is 1.39. The molecule has 4 heteroatoms. The van der Waals surface area contributed by atoms with Gasteiger partial charge in [-0.3, -0.25) is 0 Å².